The first-order chi connectivity index (χ1) is 9.38. The molecule has 96 valence electrons. The average molecular weight is 270 g/mol. The molecule has 0 aliphatic heterocycles. The van der Waals surface area contributed by atoms with Crippen molar-refractivity contribution < 1.29 is 0 Å². The molecule has 19 heavy (non-hydrogen) atoms. The summed E-state index contributed by atoms with van der Waals surface area (Å²) in [4.78, 5) is 5.66. The lowest BCUT2D eigenvalue weighted by atomic mass is 10.3. The van der Waals surface area contributed by atoms with E-state index in [1.54, 1.807) is 11.3 Å². The Bertz CT molecular complexity index is 697. The number of thiophene rings is 1. The van der Waals surface area contributed by atoms with E-state index in [4.69, 9.17) is 0 Å². The summed E-state index contributed by atoms with van der Waals surface area (Å²) in [5.74, 6) is 0. The Morgan fingerprint density at radius 1 is 1.42 bits per heavy atom. The second kappa shape index (κ2) is 4.43. The van der Waals surface area contributed by atoms with Crippen LogP contribution in [0.1, 0.15) is 18.4 Å². The standard InChI is InChI=1S/C14H14N4S/c1-2-13(19-5-1)12-6-14-16-8-10(9-18(14)17-12)7-15-11-3-4-11/h1-2,5-6,8-9,11,15H,3-4,7H2. The van der Waals surface area contributed by atoms with E-state index < -0.39 is 0 Å². The Labute approximate surface area is 115 Å². The highest BCUT2D eigenvalue weighted by Gasteiger charge is 2.20. The third kappa shape index (κ3) is 2.27. The third-order valence-corrected chi connectivity index (χ3v) is 4.20. The molecular weight excluding hydrogens is 256 g/mol. The van der Waals surface area contributed by atoms with E-state index in [1.807, 2.05) is 22.8 Å². The van der Waals surface area contributed by atoms with Crippen LogP contribution < -0.4 is 5.32 Å². The molecule has 1 fully saturated rings. The van der Waals surface area contributed by atoms with Crippen molar-refractivity contribution in [3.63, 3.8) is 0 Å². The van der Waals surface area contributed by atoms with Crippen molar-refractivity contribution in [1.82, 2.24) is 19.9 Å². The van der Waals surface area contributed by atoms with E-state index in [0.29, 0.717) is 0 Å². The van der Waals surface area contributed by atoms with Gasteiger partial charge in [0.15, 0.2) is 5.65 Å². The molecule has 0 bridgehead atoms. The molecule has 1 N–H and O–H groups in total. The zero-order valence-electron chi connectivity index (χ0n) is 10.4. The van der Waals surface area contributed by atoms with Crippen LogP contribution in [0.2, 0.25) is 0 Å². The van der Waals surface area contributed by atoms with Gasteiger partial charge in [-0.1, -0.05) is 6.07 Å². The van der Waals surface area contributed by atoms with Crippen LogP contribution in [-0.2, 0) is 6.54 Å². The first-order valence-corrected chi connectivity index (χ1v) is 7.38. The molecule has 0 radical (unpaired) electrons. The maximum Gasteiger partial charge on any atom is 0.155 e. The zero-order valence-corrected chi connectivity index (χ0v) is 11.2. The molecule has 3 aromatic heterocycles. The van der Waals surface area contributed by atoms with Gasteiger partial charge in [0.1, 0.15) is 5.69 Å². The highest BCUT2D eigenvalue weighted by Crippen LogP contribution is 2.24. The molecule has 4 nitrogen and oxygen atoms in total. The van der Waals surface area contributed by atoms with E-state index >= 15 is 0 Å². The number of fused-ring (bicyclic) bond motifs is 1. The summed E-state index contributed by atoms with van der Waals surface area (Å²) in [7, 11) is 0. The van der Waals surface area contributed by atoms with Crippen LogP contribution in [-0.4, -0.2) is 20.6 Å². The van der Waals surface area contributed by atoms with E-state index in [9.17, 15) is 0 Å². The van der Waals surface area contributed by atoms with Crippen LogP contribution in [0.4, 0.5) is 0 Å². The van der Waals surface area contributed by atoms with Gasteiger partial charge in [-0.3, -0.25) is 0 Å². The van der Waals surface area contributed by atoms with Gasteiger partial charge < -0.3 is 5.32 Å². The molecule has 1 saturated carbocycles. The zero-order chi connectivity index (χ0) is 12.7. The number of aromatic nitrogens is 3. The second-order valence-corrected chi connectivity index (χ2v) is 5.87. The van der Waals surface area contributed by atoms with Crippen molar-refractivity contribution in [3.8, 4) is 10.6 Å². The predicted molar refractivity (Wildman–Crippen MR) is 76.2 cm³/mol. The summed E-state index contributed by atoms with van der Waals surface area (Å²) >= 11 is 1.70. The minimum absolute atomic E-state index is 0.718. The average Bonchev–Trinajstić information content (AvgIpc) is 2.92. The first-order valence-electron chi connectivity index (χ1n) is 6.50. The normalized spacial score (nSPS) is 15.2. The fraction of sp³-hybridized carbons (Fsp3) is 0.286. The van der Waals surface area contributed by atoms with Crippen LogP contribution in [0, 0.1) is 0 Å². The maximum absolute atomic E-state index is 4.60. The number of hydrogen-bond acceptors (Lipinski definition) is 4. The van der Waals surface area contributed by atoms with Crippen LogP contribution in [0.5, 0.6) is 0 Å². The van der Waals surface area contributed by atoms with E-state index in [2.05, 4.69) is 33.0 Å². The molecule has 0 atom stereocenters. The lowest BCUT2D eigenvalue weighted by Gasteiger charge is -2.02. The number of nitrogens with zero attached hydrogens (tertiary/aromatic N) is 3. The summed E-state index contributed by atoms with van der Waals surface area (Å²) < 4.78 is 1.87. The molecule has 0 spiro atoms. The lowest BCUT2D eigenvalue weighted by Crippen LogP contribution is -2.15. The van der Waals surface area contributed by atoms with Crippen LogP contribution in [0.15, 0.2) is 36.0 Å². The van der Waals surface area contributed by atoms with Gasteiger partial charge in [-0.05, 0) is 24.3 Å². The lowest BCUT2D eigenvalue weighted by molar-refractivity contribution is 0.680. The molecular formula is C14H14N4S. The highest BCUT2D eigenvalue weighted by atomic mass is 32.1. The van der Waals surface area contributed by atoms with Crippen molar-refractivity contribution in [2.24, 2.45) is 0 Å². The van der Waals surface area contributed by atoms with Gasteiger partial charge in [0.05, 0.1) is 4.88 Å². The molecule has 0 unspecified atom stereocenters. The Morgan fingerprint density at radius 3 is 3.16 bits per heavy atom. The minimum Gasteiger partial charge on any atom is -0.310 e. The van der Waals surface area contributed by atoms with Crippen molar-refractivity contribution in [1.29, 1.82) is 0 Å². The predicted octanol–water partition coefficient (Wildman–Crippen LogP) is 2.71. The van der Waals surface area contributed by atoms with Crippen molar-refractivity contribution in [2.45, 2.75) is 25.4 Å². The van der Waals surface area contributed by atoms with Gasteiger partial charge in [-0.15, -0.1) is 11.3 Å². The molecule has 4 rings (SSSR count). The maximum atomic E-state index is 4.60. The van der Waals surface area contributed by atoms with Gasteiger partial charge in [0.25, 0.3) is 0 Å². The van der Waals surface area contributed by atoms with Crippen LogP contribution >= 0.6 is 11.3 Å². The largest absolute Gasteiger partial charge is 0.310 e. The molecule has 0 amide bonds. The third-order valence-electron chi connectivity index (χ3n) is 3.31. The fourth-order valence-electron chi connectivity index (χ4n) is 2.10. The Hall–Kier alpha value is -1.72. The van der Waals surface area contributed by atoms with Crippen molar-refractivity contribution in [2.75, 3.05) is 0 Å². The van der Waals surface area contributed by atoms with E-state index in [0.717, 1.165) is 23.9 Å². The monoisotopic (exact) mass is 270 g/mol. The van der Waals surface area contributed by atoms with Crippen LogP contribution in [0.3, 0.4) is 0 Å². The molecule has 5 heteroatoms. The summed E-state index contributed by atoms with van der Waals surface area (Å²) in [5, 5.41) is 10.2. The van der Waals surface area contributed by atoms with Crippen molar-refractivity contribution in [3.05, 3.63) is 41.5 Å². The summed E-state index contributed by atoms with van der Waals surface area (Å²) in [5.41, 5.74) is 3.08. The second-order valence-electron chi connectivity index (χ2n) is 4.93. The Balaban J connectivity index is 1.64. The molecule has 0 saturated heterocycles. The van der Waals surface area contributed by atoms with E-state index in [-0.39, 0.29) is 0 Å². The Morgan fingerprint density at radius 2 is 2.37 bits per heavy atom. The molecule has 1 aliphatic carbocycles. The van der Waals surface area contributed by atoms with Gasteiger partial charge in [-0.2, -0.15) is 5.10 Å². The highest BCUT2D eigenvalue weighted by molar-refractivity contribution is 7.13. The van der Waals surface area contributed by atoms with E-state index in [1.165, 1.54) is 23.3 Å². The molecule has 1 aliphatic rings. The summed E-state index contributed by atoms with van der Waals surface area (Å²) in [6, 6.07) is 6.88. The van der Waals surface area contributed by atoms with Gasteiger partial charge in [0.2, 0.25) is 0 Å². The molecule has 0 aromatic carbocycles. The molecule has 3 aromatic rings. The van der Waals surface area contributed by atoms with Crippen molar-refractivity contribution >= 4 is 17.0 Å². The molecule has 3 heterocycles. The summed E-state index contributed by atoms with van der Waals surface area (Å²) in [6.45, 7) is 0.877. The van der Waals surface area contributed by atoms with Gasteiger partial charge in [-0.25, -0.2) is 9.50 Å². The number of rotatable bonds is 4. The quantitative estimate of drug-likeness (QED) is 0.792. The fourth-order valence-corrected chi connectivity index (χ4v) is 2.78. The topological polar surface area (TPSA) is 42.2 Å². The van der Waals surface area contributed by atoms with Crippen LogP contribution in [0.25, 0.3) is 16.2 Å². The number of nitrogens with one attached hydrogen (secondary N) is 1. The van der Waals surface area contributed by atoms with Gasteiger partial charge >= 0.3 is 0 Å². The number of hydrogen-bond donors (Lipinski definition) is 1. The SMILES string of the molecule is c1csc(-c2cc3ncc(CNC4CC4)cn3n2)c1. The summed E-state index contributed by atoms with van der Waals surface area (Å²) in [6.07, 6.45) is 6.61. The smallest absolute Gasteiger partial charge is 0.155 e. The van der Waals surface area contributed by atoms with Gasteiger partial charge in [0, 0.05) is 36.6 Å². The first kappa shape index (κ1) is 11.1. The minimum atomic E-state index is 0.718. The Kier molecular flexibility index (Phi) is 2.60.